The van der Waals surface area contributed by atoms with Crippen molar-refractivity contribution in [3.05, 3.63) is 96.1 Å². The lowest BCUT2D eigenvalue weighted by Crippen LogP contribution is -2.14. The zero-order chi connectivity index (χ0) is 23.0. The second-order valence-electron chi connectivity index (χ2n) is 7.15. The Labute approximate surface area is 189 Å². The second-order valence-corrected chi connectivity index (χ2v) is 7.15. The van der Waals surface area contributed by atoms with Crippen LogP contribution in [0.4, 0.5) is 11.7 Å². The van der Waals surface area contributed by atoms with E-state index in [1.165, 1.54) is 0 Å². The third-order valence-corrected chi connectivity index (χ3v) is 4.77. The van der Waals surface area contributed by atoms with Crippen LogP contribution in [0.15, 0.2) is 89.3 Å². The second kappa shape index (κ2) is 10.1. The Hall–Kier alpha value is -4.59. The summed E-state index contributed by atoms with van der Waals surface area (Å²) in [4.78, 5) is 36.7. The van der Waals surface area contributed by atoms with Gasteiger partial charge in [0.05, 0.1) is 0 Å². The first-order valence-electron chi connectivity index (χ1n) is 10.3. The number of anilines is 2. The molecule has 0 saturated carbocycles. The molecule has 0 fully saturated rings. The number of hydrogen-bond donors (Lipinski definition) is 2. The van der Waals surface area contributed by atoms with Crippen molar-refractivity contribution in [1.29, 1.82) is 0 Å². The van der Waals surface area contributed by atoms with Crippen LogP contribution in [0.1, 0.15) is 33.6 Å². The number of aromatic nitrogens is 2. The number of rotatable bonds is 8. The molecule has 0 unspecified atom stereocenters. The highest BCUT2D eigenvalue weighted by Gasteiger charge is 2.13. The van der Waals surface area contributed by atoms with Gasteiger partial charge in [-0.1, -0.05) is 53.6 Å². The number of hydrogen-bond acceptors (Lipinski definition) is 6. The number of nitrogens with zero attached hydrogens (tertiary/aromatic N) is 2. The summed E-state index contributed by atoms with van der Waals surface area (Å²) in [6, 6.07) is 24.4. The van der Waals surface area contributed by atoms with Crippen molar-refractivity contribution in [1.82, 2.24) is 10.2 Å². The van der Waals surface area contributed by atoms with Gasteiger partial charge in [0.15, 0.2) is 5.78 Å². The van der Waals surface area contributed by atoms with E-state index < -0.39 is 5.91 Å². The highest BCUT2D eigenvalue weighted by Crippen LogP contribution is 2.20. The minimum absolute atomic E-state index is 0.0145. The first kappa shape index (κ1) is 21.6. The molecule has 4 aromatic rings. The minimum atomic E-state index is -0.426. The van der Waals surface area contributed by atoms with Gasteiger partial charge in [0.25, 0.3) is 5.91 Å². The van der Waals surface area contributed by atoms with E-state index in [2.05, 4.69) is 20.8 Å². The Morgan fingerprint density at radius 3 is 2.06 bits per heavy atom. The van der Waals surface area contributed by atoms with Gasteiger partial charge < -0.3 is 9.73 Å². The predicted molar refractivity (Wildman–Crippen MR) is 123 cm³/mol. The van der Waals surface area contributed by atoms with Crippen molar-refractivity contribution in [2.45, 2.75) is 12.8 Å². The fourth-order valence-corrected chi connectivity index (χ4v) is 3.06. The molecule has 0 spiro atoms. The Bertz CT molecular complexity index is 1250. The normalized spacial score (nSPS) is 10.4. The smallest absolute Gasteiger partial charge is 0.322 e. The molecule has 8 heteroatoms. The van der Waals surface area contributed by atoms with Gasteiger partial charge in [-0.3, -0.25) is 19.7 Å². The van der Waals surface area contributed by atoms with Crippen LogP contribution in [0.2, 0.25) is 0 Å². The molecule has 8 nitrogen and oxygen atoms in total. The molecule has 2 N–H and O–H groups in total. The van der Waals surface area contributed by atoms with Crippen LogP contribution in [0.3, 0.4) is 0 Å². The molecular weight excluding hydrogens is 420 g/mol. The average molecular weight is 440 g/mol. The van der Waals surface area contributed by atoms with Gasteiger partial charge >= 0.3 is 6.01 Å². The van der Waals surface area contributed by atoms with Crippen molar-refractivity contribution < 1.29 is 18.8 Å². The van der Waals surface area contributed by atoms with E-state index >= 15 is 0 Å². The topological polar surface area (TPSA) is 114 Å². The number of ketones is 1. The standard InChI is InChI=1S/C25H20N4O4/c30-21(17-7-3-1-4-8-17)15-16-22(31)26-20-13-11-18(12-14-20)23(32)27-25-29-28-24(33-25)19-9-5-2-6-10-19/h1-14H,15-16H2,(H,26,31)(H,27,29,32). The van der Waals surface area contributed by atoms with E-state index in [1.807, 2.05) is 36.4 Å². The van der Waals surface area contributed by atoms with Crippen LogP contribution in [0, 0.1) is 0 Å². The molecule has 0 aliphatic carbocycles. The minimum Gasteiger partial charge on any atom is -0.403 e. The van der Waals surface area contributed by atoms with Crippen molar-refractivity contribution in [2.24, 2.45) is 0 Å². The number of carbonyl (C=O) groups excluding carboxylic acids is 3. The number of benzene rings is 3. The summed E-state index contributed by atoms with van der Waals surface area (Å²) in [6.45, 7) is 0. The molecule has 1 heterocycles. The van der Waals surface area contributed by atoms with Crippen molar-refractivity contribution >= 4 is 29.3 Å². The number of nitrogens with one attached hydrogen (secondary N) is 2. The van der Waals surface area contributed by atoms with Gasteiger partial charge in [0.2, 0.25) is 11.8 Å². The maximum absolute atomic E-state index is 12.4. The molecule has 3 aromatic carbocycles. The molecule has 0 radical (unpaired) electrons. The third-order valence-electron chi connectivity index (χ3n) is 4.77. The lowest BCUT2D eigenvalue weighted by atomic mass is 10.1. The quantitative estimate of drug-likeness (QED) is 0.387. The first-order valence-corrected chi connectivity index (χ1v) is 10.3. The molecule has 0 bridgehead atoms. The van der Waals surface area contributed by atoms with Crippen LogP contribution in [-0.2, 0) is 4.79 Å². The molecule has 0 aliphatic rings. The summed E-state index contributed by atoms with van der Waals surface area (Å²) in [5.41, 5.74) is 2.20. The largest absolute Gasteiger partial charge is 0.403 e. The van der Waals surface area contributed by atoms with Crippen LogP contribution < -0.4 is 10.6 Å². The molecule has 164 valence electrons. The van der Waals surface area contributed by atoms with E-state index in [-0.39, 0.29) is 30.5 Å². The zero-order valence-corrected chi connectivity index (χ0v) is 17.5. The Morgan fingerprint density at radius 2 is 1.36 bits per heavy atom. The van der Waals surface area contributed by atoms with E-state index in [0.29, 0.717) is 22.7 Å². The van der Waals surface area contributed by atoms with Crippen LogP contribution in [-0.4, -0.2) is 27.8 Å². The van der Waals surface area contributed by atoms with Gasteiger partial charge in [-0.05, 0) is 36.4 Å². The SMILES string of the molecule is O=C(CCC(=O)c1ccccc1)Nc1ccc(C(=O)Nc2nnc(-c3ccccc3)o2)cc1. The van der Waals surface area contributed by atoms with Gasteiger partial charge in [0.1, 0.15) is 0 Å². The first-order chi connectivity index (χ1) is 16.1. The molecule has 0 saturated heterocycles. The van der Waals surface area contributed by atoms with Crippen LogP contribution in [0.25, 0.3) is 11.5 Å². The molecule has 0 atom stereocenters. The summed E-state index contributed by atoms with van der Waals surface area (Å²) >= 11 is 0. The zero-order valence-electron chi connectivity index (χ0n) is 17.5. The fraction of sp³-hybridized carbons (Fsp3) is 0.0800. The monoisotopic (exact) mass is 440 g/mol. The lowest BCUT2D eigenvalue weighted by molar-refractivity contribution is -0.116. The van der Waals surface area contributed by atoms with Crippen molar-refractivity contribution in [3.63, 3.8) is 0 Å². The summed E-state index contributed by atoms with van der Waals surface area (Å²) in [5.74, 6) is -0.496. The van der Waals surface area contributed by atoms with Gasteiger partial charge in [-0.25, -0.2) is 0 Å². The van der Waals surface area contributed by atoms with E-state index in [4.69, 9.17) is 4.42 Å². The van der Waals surface area contributed by atoms with E-state index in [1.54, 1.807) is 48.5 Å². The van der Waals surface area contributed by atoms with Gasteiger partial charge in [-0.2, -0.15) is 0 Å². The molecule has 4 rings (SSSR count). The summed E-state index contributed by atoms with van der Waals surface area (Å²) in [5, 5.41) is 13.0. The average Bonchev–Trinajstić information content (AvgIpc) is 3.32. The number of carbonyl (C=O) groups is 3. The summed E-state index contributed by atoms with van der Waals surface area (Å²) < 4.78 is 5.48. The molecule has 1 aromatic heterocycles. The molecule has 2 amide bonds. The summed E-state index contributed by atoms with van der Waals surface area (Å²) in [7, 11) is 0. The Balaban J connectivity index is 1.29. The van der Waals surface area contributed by atoms with Crippen LogP contribution >= 0.6 is 0 Å². The third kappa shape index (κ3) is 5.76. The highest BCUT2D eigenvalue weighted by molar-refractivity contribution is 6.04. The Kier molecular flexibility index (Phi) is 6.65. The molecular formula is C25H20N4O4. The van der Waals surface area contributed by atoms with Gasteiger partial charge in [-0.15, -0.1) is 5.10 Å². The molecule has 0 aliphatic heterocycles. The summed E-state index contributed by atoms with van der Waals surface area (Å²) in [6.07, 6.45) is 0.183. The number of Topliss-reactive ketones (excluding diaryl/α,β-unsaturated/α-hetero) is 1. The van der Waals surface area contributed by atoms with Crippen molar-refractivity contribution in [2.75, 3.05) is 10.6 Å². The fourth-order valence-electron chi connectivity index (χ4n) is 3.06. The maximum Gasteiger partial charge on any atom is 0.322 e. The van der Waals surface area contributed by atoms with Crippen LogP contribution in [0.5, 0.6) is 0 Å². The van der Waals surface area contributed by atoms with E-state index in [9.17, 15) is 14.4 Å². The van der Waals surface area contributed by atoms with Gasteiger partial charge in [0, 0.05) is 35.2 Å². The van der Waals surface area contributed by atoms with E-state index in [0.717, 1.165) is 5.56 Å². The maximum atomic E-state index is 12.4. The lowest BCUT2D eigenvalue weighted by Gasteiger charge is -2.06. The molecule has 33 heavy (non-hydrogen) atoms. The number of amides is 2. The predicted octanol–water partition coefficient (Wildman–Crippen LogP) is 4.59. The Morgan fingerprint density at radius 1 is 0.697 bits per heavy atom. The van der Waals surface area contributed by atoms with Crippen molar-refractivity contribution in [3.8, 4) is 11.5 Å². The highest BCUT2D eigenvalue weighted by atomic mass is 16.4.